The third kappa shape index (κ3) is 4.00. The first-order chi connectivity index (χ1) is 12.3. The van der Waals surface area contributed by atoms with Crippen molar-refractivity contribution in [3.63, 3.8) is 0 Å². The maximum Gasteiger partial charge on any atom is 0.239 e. The largest absolute Gasteiger partial charge is 0.461 e. The third-order valence-electron chi connectivity index (χ3n) is 3.75. The normalized spacial score (nSPS) is 13.5. The SMILES string of the molecule is CC(C)Cn1c(SC(C)c2nc(C(C)(C)C)no2)nnc1-c1ccco1. The summed E-state index contributed by atoms with van der Waals surface area (Å²) in [5.41, 5.74) is -0.143. The highest BCUT2D eigenvalue weighted by Crippen LogP contribution is 2.35. The second-order valence-corrected chi connectivity index (χ2v) is 9.06. The van der Waals surface area contributed by atoms with Gasteiger partial charge in [-0.25, -0.2) is 0 Å². The molecular formula is C18H25N5O2S. The molecule has 3 heterocycles. The Balaban J connectivity index is 1.86. The van der Waals surface area contributed by atoms with Crippen LogP contribution in [0.2, 0.25) is 0 Å². The molecule has 1 atom stereocenters. The first kappa shape index (κ1) is 18.7. The smallest absolute Gasteiger partial charge is 0.239 e. The lowest BCUT2D eigenvalue weighted by Gasteiger charge is -2.13. The van der Waals surface area contributed by atoms with E-state index in [2.05, 4.69) is 59.5 Å². The molecular weight excluding hydrogens is 350 g/mol. The maximum atomic E-state index is 5.51. The lowest BCUT2D eigenvalue weighted by molar-refractivity contribution is 0.364. The fraction of sp³-hybridized carbons (Fsp3) is 0.556. The van der Waals surface area contributed by atoms with Crippen LogP contribution in [-0.2, 0) is 12.0 Å². The van der Waals surface area contributed by atoms with Crippen LogP contribution < -0.4 is 0 Å². The molecule has 3 rings (SSSR count). The van der Waals surface area contributed by atoms with Gasteiger partial charge >= 0.3 is 0 Å². The van der Waals surface area contributed by atoms with Crippen LogP contribution in [0, 0.1) is 5.92 Å². The second-order valence-electron chi connectivity index (χ2n) is 7.75. The van der Waals surface area contributed by atoms with Gasteiger partial charge in [0.2, 0.25) is 5.89 Å². The van der Waals surface area contributed by atoms with E-state index < -0.39 is 0 Å². The van der Waals surface area contributed by atoms with Gasteiger partial charge in [0.05, 0.1) is 11.5 Å². The minimum absolute atomic E-state index is 0.0295. The van der Waals surface area contributed by atoms with E-state index in [0.717, 1.165) is 17.5 Å². The lowest BCUT2D eigenvalue weighted by Crippen LogP contribution is -2.13. The van der Waals surface area contributed by atoms with E-state index in [9.17, 15) is 0 Å². The molecule has 140 valence electrons. The predicted octanol–water partition coefficient (Wildman–Crippen LogP) is 4.73. The summed E-state index contributed by atoms with van der Waals surface area (Å²) in [7, 11) is 0. The van der Waals surface area contributed by atoms with E-state index in [-0.39, 0.29) is 10.7 Å². The van der Waals surface area contributed by atoms with Crippen molar-refractivity contribution >= 4 is 11.8 Å². The number of rotatable bonds is 6. The van der Waals surface area contributed by atoms with Crippen LogP contribution in [0.5, 0.6) is 0 Å². The van der Waals surface area contributed by atoms with Crippen molar-refractivity contribution in [2.45, 2.75) is 63.9 Å². The van der Waals surface area contributed by atoms with Crippen LogP contribution in [-0.4, -0.2) is 24.9 Å². The Morgan fingerprint density at radius 3 is 2.54 bits per heavy atom. The highest BCUT2D eigenvalue weighted by atomic mass is 32.2. The van der Waals surface area contributed by atoms with Crippen molar-refractivity contribution in [3.05, 3.63) is 30.1 Å². The van der Waals surface area contributed by atoms with Gasteiger partial charge in [-0.05, 0) is 25.0 Å². The molecule has 0 amide bonds. The van der Waals surface area contributed by atoms with Crippen LogP contribution in [0.4, 0.5) is 0 Å². The molecule has 7 nitrogen and oxygen atoms in total. The lowest BCUT2D eigenvalue weighted by atomic mass is 9.96. The molecule has 3 aromatic heterocycles. The molecule has 0 aromatic carbocycles. The molecule has 26 heavy (non-hydrogen) atoms. The van der Waals surface area contributed by atoms with Crippen LogP contribution >= 0.6 is 11.8 Å². The van der Waals surface area contributed by atoms with Crippen molar-refractivity contribution < 1.29 is 8.94 Å². The van der Waals surface area contributed by atoms with Crippen LogP contribution in [0.25, 0.3) is 11.6 Å². The zero-order valence-electron chi connectivity index (χ0n) is 16.1. The van der Waals surface area contributed by atoms with Gasteiger partial charge in [-0.1, -0.05) is 51.5 Å². The standard InChI is InChI=1S/C18H25N5O2S/c1-11(2)10-23-14(13-8-7-9-24-13)20-21-17(23)26-12(3)15-19-16(22-25-15)18(4,5)6/h7-9,11-12H,10H2,1-6H3. The van der Waals surface area contributed by atoms with E-state index in [1.165, 1.54) is 0 Å². The van der Waals surface area contributed by atoms with Crippen molar-refractivity contribution in [1.29, 1.82) is 0 Å². The van der Waals surface area contributed by atoms with Gasteiger partial charge in [-0.15, -0.1) is 10.2 Å². The quantitative estimate of drug-likeness (QED) is 0.576. The summed E-state index contributed by atoms with van der Waals surface area (Å²) in [6, 6.07) is 3.75. The van der Waals surface area contributed by atoms with E-state index in [0.29, 0.717) is 23.4 Å². The van der Waals surface area contributed by atoms with Crippen molar-refractivity contribution in [1.82, 2.24) is 24.9 Å². The molecule has 0 radical (unpaired) electrons. The number of thioether (sulfide) groups is 1. The van der Waals surface area contributed by atoms with Gasteiger partial charge in [-0.3, -0.25) is 4.57 Å². The Labute approximate surface area is 157 Å². The summed E-state index contributed by atoms with van der Waals surface area (Å²) in [6.07, 6.45) is 1.64. The van der Waals surface area contributed by atoms with Gasteiger partial charge in [0, 0.05) is 12.0 Å². The number of aromatic nitrogens is 5. The molecule has 0 aliphatic rings. The molecule has 0 spiro atoms. The number of furan rings is 1. The highest BCUT2D eigenvalue weighted by molar-refractivity contribution is 7.99. The van der Waals surface area contributed by atoms with Gasteiger partial charge in [0.15, 0.2) is 22.6 Å². The zero-order valence-corrected chi connectivity index (χ0v) is 16.9. The zero-order chi connectivity index (χ0) is 18.9. The molecule has 0 aliphatic carbocycles. The summed E-state index contributed by atoms with van der Waals surface area (Å²) in [4.78, 5) is 4.55. The molecule has 3 aromatic rings. The summed E-state index contributed by atoms with van der Waals surface area (Å²) in [5.74, 6) is 3.20. The maximum absolute atomic E-state index is 5.51. The summed E-state index contributed by atoms with van der Waals surface area (Å²) in [5, 5.41) is 13.6. The summed E-state index contributed by atoms with van der Waals surface area (Å²) >= 11 is 1.56. The van der Waals surface area contributed by atoms with E-state index in [4.69, 9.17) is 8.94 Å². The van der Waals surface area contributed by atoms with E-state index in [1.807, 2.05) is 19.1 Å². The van der Waals surface area contributed by atoms with Gasteiger partial charge in [0.1, 0.15) is 0 Å². The Morgan fingerprint density at radius 1 is 1.19 bits per heavy atom. The van der Waals surface area contributed by atoms with Crippen molar-refractivity contribution in [3.8, 4) is 11.6 Å². The topological polar surface area (TPSA) is 82.8 Å². The third-order valence-corrected chi connectivity index (χ3v) is 4.82. The molecule has 0 bridgehead atoms. The van der Waals surface area contributed by atoms with E-state index in [1.54, 1.807) is 18.0 Å². The number of nitrogens with zero attached hydrogens (tertiary/aromatic N) is 5. The molecule has 0 fully saturated rings. The average Bonchev–Trinajstić information content (AvgIpc) is 3.26. The van der Waals surface area contributed by atoms with Crippen LogP contribution in [0.1, 0.15) is 58.5 Å². The summed E-state index contributed by atoms with van der Waals surface area (Å²) < 4.78 is 13.1. The molecule has 0 N–H and O–H groups in total. The van der Waals surface area contributed by atoms with Gasteiger partial charge in [-0.2, -0.15) is 4.98 Å². The van der Waals surface area contributed by atoms with Gasteiger partial charge in [0.25, 0.3) is 0 Å². The molecule has 1 unspecified atom stereocenters. The Bertz CT molecular complexity index is 845. The molecule has 0 aliphatic heterocycles. The molecule has 8 heteroatoms. The fourth-order valence-electron chi connectivity index (χ4n) is 2.41. The Kier molecular flexibility index (Phi) is 5.22. The van der Waals surface area contributed by atoms with Crippen LogP contribution in [0.3, 0.4) is 0 Å². The van der Waals surface area contributed by atoms with Crippen molar-refractivity contribution in [2.75, 3.05) is 0 Å². The van der Waals surface area contributed by atoms with Crippen molar-refractivity contribution in [2.24, 2.45) is 5.92 Å². The Hall–Kier alpha value is -2.09. The first-order valence-corrected chi connectivity index (χ1v) is 9.61. The monoisotopic (exact) mass is 375 g/mol. The minimum Gasteiger partial charge on any atom is -0.461 e. The predicted molar refractivity (Wildman–Crippen MR) is 99.8 cm³/mol. The summed E-state index contributed by atoms with van der Waals surface area (Å²) in [6.45, 7) is 13.4. The number of hydrogen-bond donors (Lipinski definition) is 0. The molecule has 0 saturated heterocycles. The minimum atomic E-state index is -0.143. The fourth-order valence-corrected chi connectivity index (χ4v) is 3.30. The first-order valence-electron chi connectivity index (χ1n) is 8.73. The van der Waals surface area contributed by atoms with Crippen LogP contribution in [0.15, 0.2) is 32.5 Å². The average molecular weight is 375 g/mol. The molecule has 0 saturated carbocycles. The number of hydrogen-bond acceptors (Lipinski definition) is 7. The van der Waals surface area contributed by atoms with E-state index >= 15 is 0 Å². The highest BCUT2D eigenvalue weighted by Gasteiger charge is 2.25. The second kappa shape index (κ2) is 7.26. The van der Waals surface area contributed by atoms with Gasteiger partial charge < -0.3 is 8.94 Å². The Morgan fingerprint density at radius 2 is 1.96 bits per heavy atom.